The fraction of sp³-hybridized carbons (Fsp3) is 0.130. The molecule has 0 atom stereocenters. The van der Waals surface area contributed by atoms with Crippen LogP contribution in [0.2, 0.25) is 0 Å². The average molecular weight is 502 g/mol. The number of carboxylic acids is 1. The first-order valence-corrected chi connectivity index (χ1v) is 9.43. The molecule has 5 N–H and O–H groups in total. The van der Waals surface area contributed by atoms with Crippen LogP contribution in [0, 0.1) is 0 Å². The largest absolute Gasteiger partial charge is 0.495 e. The standard InChI is InChI=1S/C9H7F3O3.C8H6F3NO.C6H7N/c1-15-7-5(8(13)14)3-2-4-6(7)9(10,11)12;9-8(10,11)6-3-1-2-5(4-6)7(12)13;7-6-4-2-1-3-5-6/h2-4H,1H3,(H,13,14);1-4H,(H2,12,13);1-5H,7H2. The van der Waals surface area contributed by atoms with Gasteiger partial charge in [-0.2, -0.15) is 26.3 Å². The van der Waals surface area contributed by atoms with E-state index in [0.29, 0.717) is 0 Å². The summed E-state index contributed by atoms with van der Waals surface area (Å²) in [5.41, 5.74) is 8.38. The van der Waals surface area contributed by atoms with Gasteiger partial charge in [0.05, 0.1) is 18.2 Å². The molecule has 3 rings (SSSR count). The second kappa shape index (κ2) is 12.3. The fourth-order valence-corrected chi connectivity index (χ4v) is 2.45. The second-order valence-corrected chi connectivity index (χ2v) is 6.54. The Morgan fingerprint density at radius 1 is 0.829 bits per heavy atom. The lowest BCUT2D eigenvalue weighted by Gasteiger charge is -2.13. The van der Waals surface area contributed by atoms with Crippen LogP contribution in [-0.2, 0) is 12.4 Å². The number of rotatable bonds is 3. The number of para-hydroxylation sites is 2. The van der Waals surface area contributed by atoms with Crippen LogP contribution in [-0.4, -0.2) is 24.1 Å². The molecule has 0 aliphatic carbocycles. The van der Waals surface area contributed by atoms with Crippen LogP contribution in [0.1, 0.15) is 31.8 Å². The van der Waals surface area contributed by atoms with E-state index >= 15 is 0 Å². The van der Waals surface area contributed by atoms with Crippen LogP contribution in [0.3, 0.4) is 0 Å². The number of carboxylic acid groups (broad SMARTS) is 1. The number of carbonyl (C=O) groups is 2. The van der Waals surface area contributed by atoms with Gasteiger partial charge in [-0.05, 0) is 42.5 Å². The Hall–Kier alpha value is -4.22. The van der Waals surface area contributed by atoms with Crippen LogP contribution < -0.4 is 16.2 Å². The van der Waals surface area contributed by atoms with Crippen molar-refractivity contribution in [2.75, 3.05) is 12.8 Å². The first-order valence-electron chi connectivity index (χ1n) is 9.43. The molecule has 0 bridgehead atoms. The van der Waals surface area contributed by atoms with Gasteiger partial charge >= 0.3 is 18.3 Å². The van der Waals surface area contributed by atoms with Gasteiger partial charge in [0.1, 0.15) is 11.3 Å². The smallest absolute Gasteiger partial charge is 0.419 e. The molecule has 0 spiro atoms. The number of halogens is 6. The first kappa shape index (κ1) is 28.8. The highest BCUT2D eigenvalue weighted by Crippen LogP contribution is 2.38. The molecule has 3 aromatic carbocycles. The maximum absolute atomic E-state index is 12.4. The summed E-state index contributed by atoms with van der Waals surface area (Å²) in [6.45, 7) is 0. The van der Waals surface area contributed by atoms with E-state index in [1.807, 2.05) is 30.3 Å². The number of aromatic carboxylic acids is 1. The van der Waals surface area contributed by atoms with Gasteiger partial charge in [0.25, 0.3) is 0 Å². The van der Waals surface area contributed by atoms with Crippen LogP contribution in [0.5, 0.6) is 5.75 Å². The van der Waals surface area contributed by atoms with Gasteiger partial charge in [-0.3, -0.25) is 4.79 Å². The van der Waals surface area contributed by atoms with Crippen molar-refractivity contribution in [3.8, 4) is 5.75 Å². The molecule has 0 aliphatic rings. The van der Waals surface area contributed by atoms with E-state index in [0.717, 1.165) is 49.2 Å². The molecule has 12 heteroatoms. The molecule has 0 saturated heterocycles. The summed E-state index contributed by atoms with van der Waals surface area (Å²) < 4.78 is 77.9. The number of benzene rings is 3. The highest BCUT2D eigenvalue weighted by molar-refractivity contribution is 5.93. The summed E-state index contributed by atoms with van der Waals surface area (Å²) in [6, 6.07) is 16.3. The molecule has 0 aliphatic heterocycles. The zero-order valence-electron chi connectivity index (χ0n) is 18.0. The highest BCUT2D eigenvalue weighted by atomic mass is 19.4. The molecule has 0 unspecified atom stereocenters. The SMILES string of the molecule is COc1c(C(=O)O)cccc1C(F)(F)F.NC(=O)c1cccc(C(F)(F)F)c1.Nc1ccccc1. The quantitative estimate of drug-likeness (QED) is 0.324. The van der Waals surface area contributed by atoms with Gasteiger partial charge in [0, 0.05) is 11.3 Å². The van der Waals surface area contributed by atoms with Crippen LogP contribution >= 0.6 is 0 Å². The lowest BCUT2D eigenvalue weighted by molar-refractivity contribution is -0.139. The Kier molecular flexibility index (Phi) is 10.1. The average Bonchev–Trinajstić information content (AvgIpc) is 2.78. The van der Waals surface area contributed by atoms with Gasteiger partial charge in [-0.25, -0.2) is 4.79 Å². The van der Waals surface area contributed by atoms with Crippen molar-refractivity contribution in [2.45, 2.75) is 12.4 Å². The van der Waals surface area contributed by atoms with E-state index in [9.17, 15) is 35.9 Å². The third kappa shape index (κ3) is 9.27. The van der Waals surface area contributed by atoms with Crippen molar-refractivity contribution < 1.29 is 45.8 Å². The molecule has 0 aromatic heterocycles. The highest BCUT2D eigenvalue weighted by Gasteiger charge is 2.36. The number of methoxy groups -OCH3 is 1. The molecule has 188 valence electrons. The summed E-state index contributed by atoms with van der Waals surface area (Å²) in [5.74, 6) is -3.00. The van der Waals surface area contributed by atoms with E-state index in [4.69, 9.17) is 16.6 Å². The number of primary amides is 1. The van der Waals surface area contributed by atoms with Gasteiger partial charge in [-0.1, -0.05) is 30.3 Å². The molecule has 0 saturated carbocycles. The minimum Gasteiger partial charge on any atom is -0.495 e. The summed E-state index contributed by atoms with van der Waals surface area (Å²) in [7, 11) is 0.997. The maximum Gasteiger partial charge on any atom is 0.419 e. The third-order valence-electron chi connectivity index (χ3n) is 4.03. The predicted molar refractivity (Wildman–Crippen MR) is 116 cm³/mol. The topological polar surface area (TPSA) is 116 Å². The molecule has 0 radical (unpaired) electrons. The molecule has 35 heavy (non-hydrogen) atoms. The second-order valence-electron chi connectivity index (χ2n) is 6.54. The third-order valence-corrected chi connectivity index (χ3v) is 4.03. The molecule has 3 aromatic rings. The fourth-order valence-electron chi connectivity index (χ4n) is 2.45. The predicted octanol–water partition coefficient (Wildman–Crippen LogP) is 5.49. The van der Waals surface area contributed by atoms with Crippen molar-refractivity contribution in [2.24, 2.45) is 5.73 Å². The lowest BCUT2D eigenvalue weighted by Crippen LogP contribution is -2.13. The zero-order chi connectivity index (χ0) is 26.8. The molecule has 0 heterocycles. The number of nitrogens with two attached hydrogens (primary N) is 2. The summed E-state index contributed by atoms with van der Waals surface area (Å²) in [4.78, 5) is 21.1. The molecular formula is C23H20F6N2O4. The molecule has 0 fully saturated rings. The minimum atomic E-state index is -4.63. The van der Waals surface area contributed by atoms with E-state index < -0.39 is 46.7 Å². The molecule has 1 amide bonds. The summed E-state index contributed by atoms with van der Waals surface area (Å²) >= 11 is 0. The maximum atomic E-state index is 12.4. The Balaban J connectivity index is 0.000000278. The van der Waals surface area contributed by atoms with Crippen LogP contribution in [0.15, 0.2) is 72.8 Å². The van der Waals surface area contributed by atoms with E-state index in [1.165, 1.54) is 6.07 Å². The van der Waals surface area contributed by atoms with Gasteiger partial charge in [-0.15, -0.1) is 0 Å². The van der Waals surface area contributed by atoms with Crippen LogP contribution in [0.4, 0.5) is 32.0 Å². The number of anilines is 1. The molecular weight excluding hydrogens is 482 g/mol. The van der Waals surface area contributed by atoms with Gasteiger partial charge in [0.2, 0.25) is 5.91 Å². The van der Waals surface area contributed by atoms with Crippen molar-refractivity contribution in [3.63, 3.8) is 0 Å². The Labute approximate surface area is 195 Å². The lowest BCUT2D eigenvalue weighted by atomic mass is 10.1. The number of nitrogen functional groups attached to an aromatic ring is 1. The first-order chi connectivity index (χ1) is 16.2. The summed E-state index contributed by atoms with van der Waals surface area (Å²) in [6.07, 6.45) is -9.07. The van der Waals surface area contributed by atoms with E-state index in [2.05, 4.69) is 4.74 Å². The van der Waals surface area contributed by atoms with Crippen molar-refractivity contribution >= 4 is 17.6 Å². The number of ether oxygens (including phenoxy) is 1. The number of hydrogen-bond donors (Lipinski definition) is 3. The Bertz CT molecular complexity index is 1130. The van der Waals surface area contributed by atoms with Crippen LogP contribution in [0.25, 0.3) is 0 Å². The van der Waals surface area contributed by atoms with E-state index in [-0.39, 0.29) is 5.56 Å². The number of hydrogen-bond acceptors (Lipinski definition) is 4. The van der Waals surface area contributed by atoms with Crippen molar-refractivity contribution in [1.29, 1.82) is 0 Å². The monoisotopic (exact) mass is 502 g/mol. The summed E-state index contributed by atoms with van der Waals surface area (Å²) in [5, 5.41) is 8.64. The van der Waals surface area contributed by atoms with E-state index in [1.54, 1.807) is 0 Å². The normalized spacial score (nSPS) is 10.7. The minimum absolute atomic E-state index is 0.144. The Morgan fingerprint density at radius 2 is 1.40 bits per heavy atom. The number of alkyl halides is 6. The number of amides is 1. The van der Waals surface area contributed by atoms with Gasteiger partial charge in [0.15, 0.2) is 0 Å². The molecule has 6 nitrogen and oxygen atoms in total. The number of carbonyl (C=O) groups excluding carboxylic acids is 1. The van der Waals surface area contributed by atoms with Crippen molar-refractivity contribution in [3.05, 3.63) is 95.1 Å². The zero-order valence-corrected chi connectivity index (χ0v) is 18.0. The van der Waals surface area contributed by atoms with Crippen molar-refractivity contribution in [1.82, 2.24) is 0 Å². The Morgan fingerprint density at radius 3 is 1.80 bits per heavy atom. The van der Waals surface area contributed by atoms with Gasteiger partial charge < -0.3 is 21.3 Å².